The summed E-state index contributed by atoms with van der Waals surface area (Å²) in [7, 11) is 0. The largest absolute Gasteiger partial charge is 0.506 e. The average molecular weight is 273 g/mol. The van der Waals surface area contributed by atoms with Crippen LogP contribution in [0.4, 0.5) is 0 Å². The Kier molecular flexibility index (Phi) is 4.40. The number of phenols is 1. The zero-order valence-electron chi connectivity index (χ0n) is 10.2. The zero-order chi connectivity index (χ0) is 13.7. The van der Waals surface area contributed by atoms with E-state index in [-0.39, 0.29) is 5.75 Å². The molecule has 0 saturated heterocycles. The van der Waals surface area contributed by atoms with E-state index in [1.165, 1.54) is 0 Å². The molecule has 2 aromatic carbocycles. The van der Waals surface area contributed by atoms with Gasteiger partial charge in [0, 0.05) is 13.1 Å². The molecular weight excluding hydrogens is 260 g/mol. The molecule has 0 aliphatic carbocycles. The van der Waals surface area contributed by atoms with Gasteiger partial charge in [0.2, 0.25) is 0 Å². The fraction of sp³-hybridized carbons (Fsp3) is 0.133. The molecule has 0 aliphatic rings. The highest BCUT2D eigenvalue weighted by Crippen LogP contribution is 2.23. The molecular formula is C15H13ClN2O. The highest BCUT2D eigenvalue weighted by Gasteiger charge is 2.00. The van der Waals surface area contributed by atoms with Gasteiger partial charge in [0.25, 0.3) is 0 Å². The number of hydrogen-bond donors (Lipinski definition) is 2. The minimum atomic E-state index is 0.0949. The van der Waals surface area contributed by atoms with Crippen LogP contribution in [-0.4, -0.2) is 5.11 Å². The lowest BCUT2D eigenvalue weighted by molar-refractivity contribution is 0.475. The van der Waals surface area contributed by atoms with Crippen LogP contribution in [0, 0.1) is 11.3 Å². The molecule has 0 aromatic heterocycles. The van der Waals surface area contributed by atoms with Crippen molar-refractivity contribution in [2.75, 3.05) is 0 Å². The molecule has 19 heavy (non-hydrogen) atoms. The van der Waals surface area contributed by atoms with E-state index in [0.29, 0.717) is 23.7 Å². The van der Waals surface area contributed by atoms with Gasteiger partial charge in [-0.2, -0.15) is 5.26 Å². The molecule has 0 bridgehead atoms. The maximum Gasteiger partial charge on any atom is 0.134 e. The van der Waals surface area contributed by atoms with Crippen molar-refractivity contribution in [1.29, 1.82) is 5.26 Å². The van der Waals surface area contributed by atoms with Crippen LogP contribution in [0.3, 0.4) is 0 Å². The minimum Gasteiger partial charge on any atom is -0.506 e. The van der Waals surface area contributed by atoms with Gasteiger partial charge in [-0.3, -0.25) is 0 Å². The van der Waals surface area contributed by atoms with Crippen LogP contribution in [-0.2, 0) is 13.1 Å². The molecule has 0 amide bonds. The van der Waals surface area contributed by atoms with Crippen LogP contribution in [0.5, 0.6) is 5.75 Å². The highest BCUT2D eigenvalue weighted by molar-refractivity contribution is 6.32. The number of nitrogens with one attached hydrogen (secondary N) is 1. The third kappa shape index (κ3) is 3.72. The van der Waals surface area contributed by atoms with E-state index in [9.17, 15) is 5.11 Å². The number of rotatable bonds is 4. The van der Waals surface area contributed by atoms with Crippen molar-refractivity contribution in [3.63, 3.8) is 0 Å². The van der Waals surface area contributed by atoms with Gasteiger partial charge in [0.05, 0.1) is 16.7 Å². The number of benzene rings is 2. The lowest BCUT2D eigenvalue weighted by Gasteiger charge is -2.06. The lowest BCUT2D eigenvalue weighted by Crippen LogP contribution is -2.12. The average Bonchev–Trinajstić information content (AvgIpc) is 2.43. The van der Waals surface area contributed by atoms with E-state index >= 15 is 0 Å². The highest BCUT2D eigenvalue weighted by atomic mass is 35.5. The van der Waals surface area contributed by atoms with Crippen LogP contribution in [0.1, 0.15) is 16.7 Å². The normalized spacial score (nSPS) is 10.1. The molecule has 0 aliphatic heterocycles. The minimum absolute atomic E-state index is 0.0949. The molecule has 96 valence electrons. The SMILES string of the molecule is N#Cc1ccc(CNCc2ccc(O)c(Cl)c2)cc1. The van der Waals surface area contributed by atoms with Crippen LogP contribution < -0.4 is 5.32 Å². The first-order valence-corrected chi connectivity index (χ1v) is 6.24. The second-order valence-electron chi connectivity index (χ2n) is 4.20. The fourth-order valence-electron chi connectivity index (χ4n) is 1.71. The molecule has 0 spiro atoms. The maximum atomic E-state index is 9.32. The number of halogens is 1. The van der Waals surface area contributed by atoms with Crippen LogP contribution in [0.25, 0.3) is 0 Å². The van der Waals surface area contributed by atoms with E-state index in [4.69, 9.17) is 16.9 Å². The van der Waals surface area contributed by atoms with E-state index < -0.39 is 0 Å². The number of phenolic OH excluding ortho intramolecular Hbond substituents is 1. The summed E-state index contributed by atoms with van der Waals surface area (Å²) in [5.41, 5.74) is 2.79. The van der Waals surface area contributed by atoms with E-state index in [1.807, 2.05) is 18.2 Å². The summed E-state index contributed by atoms with van der Waals surface area (Å²) < 4.78 is 0. The first kappa shape index (κ1) is 13.4. The van der Waals surface area contributed by atoms with E-state index in [0.717, 1.165) is 11.1 Å². The van der Waals surface area contributed by atoms with Crippen molar-refractivity contribution in [1.82, 2.24) is 5.32 Å². The molecule has 0 saturated carbocycles. The molecule has 0 unspecified atom stereocenters. The predicted molar refractivity (Wildman–Crippen MR) is 74.8 cm³/mol. The standard InChI is InChI=1S/C15H13ClN2O/c16-14-7-13(5-6-15(14)19)10-18-9-12-3-1-11(8-17)2-4-12/h1-7,18-19H,9-10H2. The molecule has 2 aromatic rings. The van der Waals surface area contributed by atoms with Crippen LogP contribution in [0.2, 0.25) is 5.02 Å². The lowest BCUT2D eigenvalue weighted by atomic mass is 10.1. The van der Waals surface area contributed by atoms with Gasteiger partial charge >= 0.3 is 0 Å². The summed E-state index contributed by atoms with van der Waals surface area (Å²) in [6.45, 7) is 1.38. The summed E-state index contributed by atoms with van der Waals surface area (Å²) in [5.74, 6) is 0.0949. The molecule has 0 radical (unpaired) electrons. The van der Waals surface area contributed by atoms with Crippen molar-refractivity contribution in [2.45, 2.75) is 13.1 Å². The fourth-order valence-corrected chi connectivity index (χ4v) is 1.91. The van der Waals surface area contributed by atoms with Gasteiger partial charge in [-0.25, -0.2) is 0 Å². The maximum absolute atomic E-state index is 9.32. The summed E-state index contributed by atoms with van der Waals surface area (Å²) in [6, 6.07) is 14.7. The smallest absolute Gasteiger partial charge is 0.134 e. The monoisotopic (exact) mass is 272 g/mol. The first-order valence-electron chi connectivity index (χ1n) is 5.86. The molecule has 3 nitrogen and oxygen atoms in total. The third-order valence-electron chi connectivity index (χ3n) is 2.75. The van der Waals surface area contributed by atoms with Gasteiger partial charge in [-0.05, 0) is 35.4 Å². The predicted octanol–water partition coefficient (Wildman–Crippen LogP) is 3.21. The number of nitrogens with zero attached hydrogens (tertiary/aromatic N) is 1. The number of aromatic hydroxyl groups is 1. The van der Waals surface area contributed by atoms with Crippen molar-refractivity contribution < 1.29 is 5.11 Å². The van der Waals surface area contributed by atoms with Gasteiger partial charge < -0.3 is 10.4 Å². The summed E-state index contributed by atoms with van der Waals surface area (Å²) in [4.78, 5) is 0. The summed E-state index contributed by atoms with van der Waals surface area (Å²) >= 11 is 5.83. The second kappa shape index (κ2) is 6.24. The Morgan fingerprint density at radius 1 is 1.05 bits per heavy atom. The quantitative estimate of drug-likeness (QED) is 0.899. The van der Waals surface area contributed by atoms with Crippen molar-refractivity contribution >= 4 is 11.6 Å². The Morgan fingerprint density at radius 2 is 1.68 bits per heavy atom. The third-order valence-corrected chi connectivity index (χ3v) is 3.06. The summed E-state index contributed by atoms with van der Waals surface area (Å²) in [6.07, 6.45) is 0. The molecule has 0 heterocycles. The van der Waals surface area contributed by atoms with Crippen molar-refractivity contribution in [3.05, 3.63) is 64.2 Å². The Hall–Kier alpha value is -2.02. The Balaban J connectivity index is 1.89. The second-order valence-corrected chi connectivity index (χ2v) is 4.61. The molecule has 2 N–H and O–H groups in total. The van der Waals surface area contributed by atoms with Crippen molar-refractivity contribution in [2.24, 2.45) is 0 Å². The van der Waals surface area contributed by atoms with Gasteiger partial charge in [-0.15, -0.1) is 0 Å². The van der Waals surface area contributed by atoms with E-state index in [1.54, 1.807) is 24.3 Å². The first-order chi connectivity index (χ1) is 9.19. The van der Waals surface area contributed by atoms with Crippen LogP contribution in [0.15, 0.2) is 42.5 Å². The number of hydrogen-bond acceptors (Lipinski definition) is 3. The van der Waals surface area contributed by atoms with Crippen molar-refractivity contribution in [3.8, 4) is 11.8 Å². The molecule has 2 rings (SSSR count). The summed E-state index contributed by atoms with van der Waals surface area (Å²) in [5, 5.41) is 21.7. The Morgan fingerprint density at radius 3 is 2.32 bits per heavy atom. The molecule has 0 atom stereocenters. The molecule has 4 heteroatoms. The Bertz CT molecular complexity index is 603. The van der Waals surface area contributed by atoms with E-state index in [2.05, 4.69) is 11.4 Å². The zero-order valence-corrected chi connectivity index (χ0v) is 11.0. The van der Waals surface area contributed by atoms with Gasteiger partial charge in [0.15, 0.2) is 0 Å². The molecule has 0 fully saturated rings. The van der Waals surface area contributed by atoms with Gasteiger partial charge in [-0.1, -0.05) is 29.8 Å². The van der Waals surface area contributed by atoms with Gasteiger partial charge in [0.1, 0.15) is 5.75 Å². The number of nitriles is 1. The Labute approximate surface area is 117 Å². The topological polar surface area (TPSA) is 56.0 Å². The van der Waals surface area contributed by atoms with Crippen LogP contribution >= 0.6 is 11.6 Å².